The molecule has 0 radical (unpaired) electrons. The van der Waals surface area contributed by atoms with Crippen LogP contribution in [0.3, 0.4) is 0 Å². The van der Waals surface area contributed by atoms with Crippen molar-refractivity contribution in [2.75, 3.05) is 6.54 Å². The van der Waals surface area contributed by atoms with Crippen LogP contribution >= 0.6 is 0 Å². The Bertz CT molecular complexity index is 300. The van der Waals surface area contributed by atoms with E-state index in [1.165, 1.54) is 11.3 Å². The molecule has 5 nitrogen and oxygen atoms in total. The molecule has 0 bridgehead atoms. The van der Waals surface area contributed by atoms with Gasteiger partial charge < -0.3 is 20.1 Å². The summed E-state index contributed by atoms with van der Waals surface area (Å²) in [4.78, 5) is 24.2. The topological polar surface area (TPSA) is 72.5 Å². The summed E-state index contributed by atoms with van der Waals surface area (Å²) in [6.45, 7) is 0.525. The standard InChI is InChI=1S/C12H20N2O3/c15-11(16)10-7-4-8-14(10)12(17)13-9-5-2-1-3-6-9/h9-10H,1-8H2,(H,13,17)(H,15,16)/p-1. The lowest BCUT2D eigenvalue weighted by Gasteiger charge is -2.29. The van der Waals surface area contributed by atoms with Crippen molar-refractivity contribution in [1.29, 1.82) is 0 Å². The fourth-order valence-corrected chi connectivity index (χ4v) is 2.76. The Morgan fingerprint density at radius 1 is 1.06 bits per heavy atom. The third-order valence-corrected chi connectivity index (χ3v) is 3.72. The van der Waals surface area contributed by atoms with Crippen LogP contribution in [0.25, 0.3) is 0 Å². The van der Waals surface area contributed by atoms with Crippen molar-refractivity contribution < 1.29 is 14.7 Å². The second-order valence-corrected chi connectivity index (χ2v) is 4.95. The van der Waals surface area contributed by atoms with Crippen LogP contribution in [0.1, 0.15) is 44.9 Å². The smallest absolute Gasteiger partial charge is 0.318 e. The maximum atomic E-state index is 12.0. The monoisotopic (exact) mass is 239 g/mol. The molecule has 2 rings (SSSR count). The van der Waals surface area contributed by atoms with E-state index in [4.69, 9.17) is 0 Å². The Hall–Kier alpha value is -1.26. The van der Waals surface area contributed by atoms with E-state index in [1.54, 1.807) is 0 Å². The molecule has 1 aliphatic carbocycles. The molecule has 0 aromatic heterocycles. The second-order valence-electron chi connectivity index (χ2n) is 4.95. The Kier molecular flexibility index (Phi) is 3.86. The number of nitrogens with zero attached hydrogens (tertiary/aromatic N) is 1. The quantitative estimate of drug-likeness (QED) is 0.750. The Morgan fingerprint density at radius 2 is 1.76 bits per heavy atom. The van der Waals surface area contributed by atoms with Gasteiger partial charge in [-0.2, -0.15) is 0 Å². The summed E-state index contributed by atoms with van der Waals surface area (Å²) in [6, 6.07) is -0.749. The highest BCUT2D eigenvalue weighted by molar-refractivity contribution is 5.82. The highest BCUT2D eigenvalue weighted by atomic mass is 16.4. The Morgan fingerprint density at radius 3 is 2.41 bits per heavy atom. The van der Waals surface area contributed by atoms with Crippen molar-refractivity contribution in [2.45, 2.75) is 57.0 Å². The molecule has 0 aromatic rings. The van der Waals surface area contributed by atoms with E-state index < -0.39 is 12.0 Å². The summed E-state index contributed by atoms with van der Waals surface area (Å²) in [5.74, 6) is -1.14. The molecule has 17 heavy (non-hydrogen) atoms. The maximum absolute atomic E-state index is 12.0. The minimum absolute atomic E-state index is 0.222. The number of urea groups is 1. The van der Waals surface area contributed by atoms with Gasteiger partial charge in [0.05, 0.1) is 12.0 Å². The molecule has 1 N–H and O–H groups in total. The van der Waals surface area contributed by atoms with Crippen molar-refractivity contribution in [2.24, 2.45) is 0 Å². The van der Waals surface area contributed by atoms with E-state index in [1.807, 2.05) is 0 Å². The van der Waals surface area contributed by atoms with Gasteiger partial charge in [0.2, 0.25) is 0 Å². The van der Waals surface area contributed by atoms with Crippen LogP contribution in [-0.4, -0.2) is 35.5 Å². The van der Waals surface area contributed by atoms with Crippen LogP contribution in [0.2, 0.25) is 0 Å². The zero-order valence-electron chi connectivity index (χ0n) is 9.98. The van der Waals surface area contributed by atoms with Crippen LogP contribution in [0.5, 0.6) is 0 Å². The van der Waals surface area contributed by atoms with Gasteiger partial charge in [-0.1, -0.05) is 19.3 Å². The first-order valence-corrected chi connectivity index (χ1v) is 6.46. The van der Waals surface area contributed by atoms with Crippen molar-refractivity contribution in [3.63, 3.8) is 0 Å². The van der Waals surface area contributed by atoms with Crippen LogP contribution in [0.15, 0.2) is 0 Å². The minimum Gasteiger partial charge on any atom is -0.548 e. The van der Waals surface area contributed by atoms with E-state index in [0.29, 0.717) is 13.0 Å². The zero-order valence-corrected chi connectivity index (χ0v) is 9.98. The average molecular weight is 239 g/mol. The summed E-state index contributed by atoms with van der Waals surface area (Å²) < 4.78 is 0. The molecular formula is C12H19N2O3-. The fraction of sp³-hybridized carbons (Fsp3) is 0.833. The number of carboxylic acid groups (broad SMARTS) is 1. The highest BCUT2D eigenvalue weighted by Crippen LogP contribution is 2.20. The molecule has 1 saturated carbocycles. The predicted molar refractivity (Wildman–Crippen MR) is 60.1 cm³/mol. The molecule has 96 valence electrons. The van der Waals surface area contributed by atoms with Gasteiger partial charge in [-0.05, 0) is 25.7 Å². The first-order valence-electron chi connectivity index (χ1n) is 6.46. The highest BCUT2D eigenvalue weighted by Gasteiger charge is 2.30. The molecule has 2 amide bonds. The van der Waals surface area contributed by atoms with Crippen LogP contribution in [-0.2, 0) is 4.79 Å². The lowest BCUT2D eigenvalue weighted by molar-refractivity contribution is -0.310. The van der Waals surface area contributed by atoms with E-state index in [-0.39, 0.29) is 12.1 Å². The molecule has 1 heterocycles. The Labute approximate surface area is 101 Å². The fourth-order valence-electron chi connectivity index (χ4n) is 2.76. The molecule has 1 unspecified atom stereocenters. The van der Waals surface area contributed by atoms with Crippen molar-refractivity contribution in [3.05, 3.63) is 0 Å². The normalized spacial score (nSPS) is 25.9. The van der Waals surface area contributed by atoms with Gasteiger partial charge in [0.25, 0.3) is 0 Å². The van der Waals surface area contributed by atoms with E-state index in [0.717, 1.165) is 32.1 Å². The number of rotatable bonds is 2. The molecule has 2 fully saturated rings. The van der Waals surface area contributed by atoms with E-state index >= 15 is 0 Å². The third kappa shape index (κ3) is 2.90. The third-order valence-electron chi connectivity index (χ3n) is 3.72. The van der Waals surface area contributed by atoms with Gasteiger partial charge in [-0.25, -0.2) is 4.79 Å². The van der Waals surface area contributed by atoms with Gasteiger partial charge in [-0.15, -0.1) is 0 Å². The van der Waals surface area contributed by atoms with Crippen molar-refractivity contribution in [3.8, 4) is 0 Å². The number of amides is 2. The van der Waals surface area contributed by atoms with E-state index in [2.05, 4.69) is 5.32 Å². The van der Waals surface area contributed by atoms with Crippen molar-refractivity contribution in [1.82, 2.24) is 10.2 Å². The summed E-state index contributed by atoms with van der Waals surface area (Å²) in [7, 11) is 0. The molecule has 5 heteroatoms. The van der Waals surface area contributed by atoms with Gasteiger partial charge >= 0.3 is 6.03 Å². The summed E-state index contributed by atoms with van der Waals surface area (Å²) in [5.41, 5.74) is 0. The van der Waals surface area contributed by atoms with Crippen LogP contribution < -0.4 is 10.4 Å². The lowest BCUT2D eigenvalue weighted by atomic mass is 9.96. The minimum atomic E-state index is -1.14. The summed E-state index contributed by atoms with van der Waals surface area (Å²) in [5, 5.41) is 13.8. The molecule has 0 aromatic carbocycles. The number of hydrogen-bond acceptors (Lipinski definition) is 3. The zero-order chi connectivity index (χ0) is 12.3. The second kappa shape index (κ2) is 5.38. The number of carbonyl (C=O) groups excluding carboxylic acids is 2. The molecule has 0 spiro atoms. The van der Waals surface area contributed by atoms with Crippen LogP contribution in [0, 0.1) is 0 Å². The number of aliphatic carboxylic acids is 1. The van der Waals surface area contributed by atoms with Gasteiger partial charge in [0.15, 0.2) is 0 Å². The molecular weight excluding hydrogens is 220 g/mol. The van der Waals surface area contributed by atoms with Gasteiger partial charge in [0, 0.05) is 12.6 Å². The predicted octanol–water partition coefficient (Wildman–Crippen LogP) is 0.243. The first-order chi connectivity index (χ1) is 8.18. The Balaban J connectivity index is 1.88. The van der Waals surface area contributed by atoms with Crippen molar-refractivity contribution >= 4 is 12.0 Å². The lowest BCUT2D eigenvalue weighted by Crippen LogP contribution is -2.52. The van der Waals surface area contributed by atoms with Gasteiger partial charge in [-0.3, -0.25) is 0 Å². The largest absolute Gasteiger partial charge is 0.548 e. The number of nitrogens with one attached hydrogen (secondary N) is 1. The number of carbonyl (C=O) groups is 2. The van der Waals surface area contributed by atoms with E-state index in [9.17, 15) is 14.7 Å². The van der Waals surface area contributed by atoms with Crippen LogP contribution in [0.4, 0.5) is 4.79 Å². The molecule has 1 atom stereocenters. The number of likely N-dealkylation sites (tertiary alicyclic amines) is 1. The summed E-state index contributed by atoms with van der Waals surface area (Å²) in [6.07, 6.45) is 6.81. The average Bonchev–Trinajstić information content (AvgIpc) is 2.79. The van der Waals surface area contributed by atoms with Gasteiger partial charge in [0.1, 0.15) is 0 Å². The molecule has 1 aliphatic heterocycles. The molecule has 2 aliphatic rings. The molecule has 1 saturated heterocycles. The SMILES string of the molecule is O=C([O-])C1CCCN1C(=O)NC1CCCCC1. The first kappa shape index (κ1) is 12.2. The number of hydrogen-bond donors (Lipinski definition) is 1. The maximum Gasteiger partial charge on any atom is 0.318 e. The summed E-state index contributed by atoms with van der Waals surface area (Å²) >= 11 is 0. The number of carboxylic acids is 1.